The van der Waals surface area contributed by atoms with Crippen molar-refractivity contribution in [1.82, 2.24) is 40.0 Å². The molecule has 4 rings (SSSR count). The van der Waals surface area contributed by atoms with Crippen LogP contribution in [0.15, 0.2) is 18.5 Å². The Hall–Kier alpha value is -2.81. The fraction of sp³-hybridized carbons (Fsp3) is 0.438. The van der Waals surface area contributed by atoms with Crippen molar-refractivity contribution < 1.29 is 4.79 Å². The molecule has 130 valence electrons. The molecule has 0 radical (unpaired) electrons. The van der Waals surface area contributed by atoms with E-state index in [1.165, 1.54) is 6.33 Å². The van der Waals surface area contributed by atoms with Crippen LogP contribution in [-0.4, -0.2) is 41.8 Å². The topological polar surface area (TPSA) is 102 Å². The Morgan fingerprint density at radius 2 is 2.28 bits per heavy atom. The summed E-state index contributed by atoms with van der Waals surface area (Å²) in [4.78, 5) is 20.9. The molecule has 0 bridgehead atoms. The van der Waals surface area contributed by atoms with Gasteiger partial charge in [0.25, 0.3) is 11.7 Å². The Labute approximate surface area is 144 Å². The first-order valence-electron chi connectivity index (χ1n) is 8.37. The highest BCUT2D eigenvalue weighted by Gasteiger charge is 2.16. The van der Waals surface area contributed by atoms with Crippen molar-refractivity contribution in [2.24, 2.45) is 0 Å². The van der Waals surface area contributed by atoms with Crippen LogP contribution < -0.4 is 10.6 Å². The maximum absolute atomic E-state index is 12.5. The standard InChI is InChI=1S/C16H20N8O/c1-10(2)14-6-13(21-16-19-9-20-24(14)16)15(25)18-7-11-5-12-8-17-3-4-23(12)22-11/h5-6,9-10,17H,3-4,7-8H2,1-2H3,(H,18,25). The van der Waals surface area contributed by atoms with E-state index < -0.39 is 0 Å². The van der Waals surface area contributed by atoms with Crippen molar-refractivity contribution in [2.75, 3.05) is 6.54 Å². The van der Waals surface area contributed by atoms with Crippen LogP contribution in [0.3, 0.4) is 0 Å². The van der Waals surface area contributed by atoms with Gasteiger partial charge in [0.15, 0.2) is 0 Å². The molecule has 0 fully saturated rings. The lowest BCUT2D eigenvalue weighted by molar-refractivity contribution is 0.0945. The largest absolute Gasteiger partial charge is 0.345 e. The summed E-state index contributed by atoms with van der Waals surface area (Å²) in [6, 6.07) is 3.78. The predicted molar refractivity (Wildman–Crippen MR) is 90.0 cm³/mol. The Morgan fingerprint density at radius 3 is 3.08 bits per heavy atom. The minimum atomic E-state index is -0.239. The van der Waals surface area contributed by atoms with Gasteiger partial charge in [0.1, 0.15) is 12.0 Å². The number of aromatic nitrogens is 6. The van der Waals surface area contributed by atoms with E-state index in [-0.39, 0.29) is 11.8 Å². The first-order chi connectivity index (χ1) is 12.1. The first kappa shape index (κ1) is 15.7. The van der Waals surface area contributed by atoms with E-state index in [1.807, 2.05) is 24.6 Å². The minimum absolute atomic E-state index is 0.200. The number of carbonyl (C=O) groups is 1. The van der Waals surface area contributed by atoms with Crippen molar-refractivity contribution in [3.05, 3.63) is 41.2 Å². The molecular formula is C16H20N8O. The molecule has 3 aromatic heterocycles. The summed E-state index contributed by atoms with van der Waals surface area (Å²) in [6.07, 6.45) is 1.44. The summed E-state index contributed by atoms with van der Waals surface area (Å²) >= 11 is 0. The van der Waals surface area contributed by atoms with E-state index >= 15 is 0 Å². The van der Waals surface area contributed by atoms with E-state index in [0.717, 1.165) is 36.7 Å². The monoisotopic (exact) mass is 340 g/mol. The molecule has 9 nitrogen and oxygen atoms in total. The zero-order chi connectivity index (χ0) is 17.4. The van der Waals surface area contributed by atoms with E-state index in [4.69, 9.17) is 0 Å². The molecule has 1 aliphatic rings. The van der Waals surface area contributed by atoms with Crippen LogP contribution >= 0.6 is 0 Å². The van der Waals surface area contributed by atoms with Crippen LogP contribution in [0.1, 0.15) is 47.3 Å². The Kier molecular flexibility index (Phi) is 3.92. The summed E-state index contributed by atoms with van der Waals surface area (Å²) < 4.78 is 3.65. The molecule has 0 atom stereocenters. The SMILES string of the molecule is CC(C)c1cc(C(=O)NCc2cc3n(n2)CCNC3)nc2ncnn12. The number of fused-ring (bicyclic) bond motifs is 2. The van der Waals surface area contributed by atoms with Crippen molar-refractivity contribution in [1.29, 1.82) is 0 Å². The van der Waals surface area contributed by atoms with Gasteiger partial charge in [-0.1, -0.05) is 13.8 Å². The normalized spacial score (nSPS) is 14.0. The average Bonchev–Trinajstić information content (AvgIpc) is 3.24. The van der Waals surface area contributed by atoms with Crippen LogP contribution in [0.5, 0.6) is 0 Å². The summed E-state index contributed by atoms with van der Waals surface area (Å²) in [6.45, 7) is 7.04. The van der Waals surface area contributed by atoms with Gasteiger partial charge in [-0.2, -0.15) is 15.2 Å². The summed E-state index contributed by atoms with van der Waals surface area (Å²) in [5.74, 6) is 0.391. The van der Waals surface area contributed by atoms with Crippen molar-refractivity contribution >= 4 is 11.7 Å². The Bertz CT molecular complexity index is 902. The van der Waals surface area contributed by atoms with Gasteiger partial charge in [-0.05, 0) is 18.1 Å². The van der Waals surface area contributed by atoms with Crippen molar-refractivity contribution in [3.63, 3.8) is 0 Å². The molecule has 0 aliphatic carbocycles. The number of hydrogen-bond donors (Lipinski definition) is 2. The van der Waals surface area contributed by atoms with Gasteiger partial charge in [0, 0.05) is 13.1 Å². The molecule has 4 heterocycles. The quantitative estimate of drug-likeness (QED) is 0.716. The van der Waals surface area contributed by atoms with Gasteiger partial charge in [-0.25, -0.2) is 9.50 Å². The lowest BCUT2D eigenvalue weighted by Gasteiger charge is -2.13. The van der Waals surface area contributed by atoms with Crippen LogP contribution in [0.2, 0.25) is 0 Å². The maximum atomic E-state index is 12.5. The summed E-state index contributed by atoms with van der Waals surface area (Å²) in [5.41, 5.74) is 3.23. The second kappa shape index (κ2) is 6.25. The van der Waals surface area contributed by atoms with Gasteiger partial charge in [-0.3, -0.25) is 9.48 Å². The van der Waals surface area contributed by atoms with Crippen molar-refractivity contribution in [2.45, 2.75) is 39.4 Å². The molecule has 9 heteroatoms. The first-order valence-corrected chi connectivity index (χ1v) is 8.37. The number of nitrogens with zero attached hydrogens (tertiary/aromatic N) is 6. The van der Waals surface area contributed by atoms with Gasteiger partial charge in [-0.15, -0.1) is 0 Å². The molecule has 25 heavy (non-hydrogen) atoms. The zero-order valence-corrected chi connectivity index (χ0v) is 14.2. The number of amides is 1. The second-order valence-electron chi connectivity index (χ2n) is 6.40. The highest BCUT2D eigenvalue weighted by Crippen LogP contribution is 2.15. The van der Waals surface area contributed by atoms with Crippen LogP contribution in [0, 0.1) is 0 Å². The van der Waals surface area contributed by atoms with Gasteiger partial charge < -0.3 is 10.6 Å². The third kappa shape index (κ3) is 2.98. The Morgan fingerprint density at radius 1 is 1.40 bits per heavy atom. The minimum Gasteiger partial charge on any atom is -0.345 e. The van der Waals surface area contributed by atoms with Crippen LogP contribution in [-0.2, 0) is 19.6 Å². The van der Waals surface area contributed by atoms with E-state index in [9.17, 15) is 4.79 Å². The molecule has 0 aromatic carbocycles. The molecule has 0 saturated carbocycles. The van der Waals surface area contributed by atoms with E-state index in [0.29, 0.717) is 18.0 Å². The summed E-state index contributed by atoms with van der Waals surface area (Å²) in [7, 11) is 0. The predicted octanol–water partition coefficient (Wildman–Crippen LogP) is 0.477. The number of carbonyl (C=O) groups excluding carboxylic acids is 1. The lowest BCUT2D eigenvalue weighted by Crippen LogP contribution is -2.28. The smallest absolute Gasteiger partial charge is 0.270 e. The molecule has 3 aromatic rings. The number of rotatable bonds is 4. The van der Waals surface area contributed by atoms with Crippen LogP contribution in [0.25, 0.3) is 5.78 Å². The average molecular weight is 340 g/mol. The fourth-order valence-corrected chi connectivity index (χ4v) is 2.96. The molecule has 2 N–H and O–H groups in total. The van der Waals surface area contributed by atoms with Crippen LogP contribution in [0.4, 0.5) is 0 Å². The lowest BCUT2D eigenvalue weighted by atomic mass is 10.1. The van der Waals surface area contributed by atoms with Gasteiger partial charge in [0.2, 0.25) is 0 Å². The van der Waals surface area contributed by atoms with Gasteiger partial charge >= 0.3 is 0 Å². The highest BCUT2D eigenvalue weighted by molar-refractivity contribution is 5.92. The molecule has 1 amide bonds. The highest BCUT2D eigenvalue weighted by atomic mass is 16.1. The molecule has 0 saturated heterocycles. The number of hydrogen-bond acceptors (Lipinski definition) is 6. The zero-order valence-electron chi connectivity index (χ0n) is 14.2. The molecule has 0 unspecified atom stereocenters. The third-order valence-corrected chi connectivity index (χ3v) is 4.25. The summed E-state index contributed by atoms with van der Waals surface area (Å²) in [5, 5.41) is 14.9. The van der Waals surface area contributed by atoms with E-state index in [2.05, 4.69) is 30.8 Å². The third-order valence-electron chi connectivity index (χ3n) is 4.25. The number of nitrogens with one attached hydrogen (secondary N) is 2. The molecular weight excluding hydrogens is 320 g/mol. The van der Waals surface area contributed by atoms with Crippen molar-refractivity contribution in [3.8, 4) is 0 Å². The van der Waals surface area contributed by atoms with E-state index in [1.54, 1.807) is 10.6 Å². The maximum Gasteiger partial charge on any atom is 0.270 e. The second-order valence-corrected chi connectivity index (χ2v) is 6.40. The Balaban J connectivity index is 1.53. The molecule has 0 spiro atoms. The molecule has 1 aliphatic heterocycles. The fourth-order valence-electron chi connectivity index (χ4n) is 2.96. The van der Waals surface area contributed by atoms with Gasteiger partial charge in [0.05, 0.1) is 30.2 Å².